The third-order valence-corrected chi connectivity index (χ3v) is 5.02. The van der Waals surface area contributed by atoms with Gasteiger partial charge in [0.05, 0.1) is 23.2 Å². The molecule has 3 aromatic rings. The van der Waals surface area contributed by atoms with Gasteiger partial charge < -0.3 is 0 Å². The van der Waals surface area contributed by atoms with Gasteiger partial charge in [0.1, 0.15) is 0 Å². The van der Waals surface area contributed by atoms with E-state index in [1.807, 2.05) is 18.2 Å². The zero-order valence-corrected chi connectivity index (χ0v) is 16.0. The second-order valence-corrected chi connectivity index (χ2v) is 8.41. The van der Waals surface area contributed by atoms with Gasteiger partial charge in [-0.15, -0.1) is 11.3 Å². The lowest BCUT2D eigenvalue weighted by molar-refractivity contribution is 0.102. The van der Waals surface area contributed by atoms with E-state index in [0.29, 0.717) is 15.8 Å². The lowest BCUT2D eigenvalue weighted by Crippen LogP contribution is -2.17. The van der Waals surface area contributed by atoms with Crippen molar-refractivity contribution < 1.29 is 13.2 Å². The molecule has 0 atom stereocenters. The van der Waals surface area contributed by atoms with Crippen molar-refractivity contribution in [1.82, 2.24) is 4.98 Å². The van der Waals surface area contributed by atoms with Crippen LogP contribution in [0.5, 0.6) is 0 Å². The van der Waals surface area contributed by atoms with Gasteiger partial charge in [-0.2, -0.15) is 0 Å². The number of aromatic nitrogens is 1. The van der Waals surface area contributed by atoms with Gasteiger partial charge in [0.25, 0.3) is 5.91 Å². The van der Waals surface area contributed by atoms with E-state index in [4.69, 9.17) is 11.6 Å². The van der Waals surface area contributed by atoms with Gasteiger partial charge in [-0.05, 0) is 18.2 Å². The second-order valence-electron chi connectivity index (χ2n) is 5.39. The van der Waals surface area contributed by atoms with Crippen LogP contribution in [0.4, 0.5) is 10.8 Å². The molecule has 2 aromatic carbocycles. The van der Waals surface area contributed by atoms with Crippen LogP contribution in [0.3, 0.4) is 0 Å². The number of benzene rings is 2. The Morgan fingerprint density at radius 1 is 1.12 bits per heavy atom. The Bertz CT molecular complexity index is 1060. The summed E-state index contributed by atoms with van der Waals surface area (Å²) in [4.78, 5) is 16.9. The number of amides is 1. The Labute approximate surface area is 159 Å². The summed E-state index contributed by atoms with van der Waals surface area (Å²) < 4.78 is 25.3. The fourth-order valence-corrected chi connectivity index (χ4v) is 3.77. The van der Waals surface area contributed by atoms with Crippen molar-refractivity contribution >= 4 is 49.7 Å². The second kappa shape index (κ2) is 7.45. The van der Waals surface area contributed by atoms with E-state index in [0.717, 1.165) is 11.8 Å². The molecule has 1 aromatic heterocycles. The van der Waals surface area contributed by atoms with Gasteiger partial charge in [-0.3, -0.25) is 14.8 Å². The van der Waals surface area contributed by atoms with E-state index in [-0.39, 0.29) is 11.3 Å². The van der Waals surface area contributed by atoms with Crippen molar-refractivity contribution in [2.45, 2.75) is 0 Å². The highest BCUT2D eigenvalue weighted by Gasteiger charge is 2.16. The van der Waals surface area contributed by atoms with Crippen molar-refractivity contribution in [3.05, 3.63) is 64.5 Å². The molecule has 3 rings (SSSR count). The SMILES string of the molecule is CS(=O)(=O)Nc1ccccc1C(=O)Nc1nc(-c2ccccc2Cl)cs1. The van der Waals surface area contributed by atoms with Gasteiger partial charge in [-0.25, -0.2) is 13.4 Å². The van der Waals surface area contributed by atoms with E-state index < -0.39 is 15.9 Å². The number of nitrogens with one attached hydrogen (secondary N) is 2. The van der Waals surface area contributed by atoms with Crippen LogP contribution in [0.2, 0.25) is 5.02 Å². The van der Waals surface area contributed by atoms with Crippen LogP contribution < -0.4 is 10.0 Å². The topological polar surface area (TPSA) is 88.2 Å². The summed E-state index contributed by atoms with van der Waals surface area (Å²) >= 11 is 7.42. The van der Waals surface area contributed by atoms with Crippen LogP contribution >= 0.6 is 22.9 Å². The maximum atomic E-state index is 12.5. The van der Waals surface area contributed by atoms with Gasteiger partial charge in [0, 0.05) is 16.0 Å². The van der Waals surface area contributed by atoms with Crippen LogP contribution in [0.15, 0.2) is 53.9 Å². The fraction of sp³-hybridized carbons (Fsp3) is 0.0588. The molecule has 0 aliphatic rings. The Hall–Kier alpha value is -2.42. The molecule has 9 heteroatoms. The maximum absolute atomic E-state index is 12.5. The van der Waals surface area contributed by atoms with E-state index >= 15 is 0 Å². The summed E-state index contributed by atoms with van der Waals surface area (Å²) in [6, 6.07) is 13.6. The van der Waals surface area contributed by atoms with Crippen LogP contribution in [-0.2, 0) is 10.0 Å². The predicted octanol–water partition coefficient (Wildman–Crippen LogP) is 4.09. The Kier molecular flexibility index (Phi) is 5.26. The monoisotopic (exact) mass is 407 g/mol. The number of halogens is 1. The van der Waals surface area contributed by atoms with Crippen molar-refractivity contribution in [1.29, 1.82) is 0 Å². The molecule has 0 saturated heterocycles. The molecular weight excluding hydrogens is 394 g/mol. The lowest BCUT2D eigenvalue weighted by atomic mass is 10.2. The molecule has 0 aliphatic carbocycles. The average molecular weight is 408 g/mol. The van der Waals surface area contributed by atoms with Crippen molar-refractivity contribution in [3.63, 3.8) is 0 Å². The van der Waals surface area contributed by atoms with E-state index in [1.165, 1.54) is 23.5 Å². The van der Waals surface area contributed by atoms with E-state index in [1.54, 1.807) is 23.6 Å². The van der Waals surface area contributed by atoms with Crippen LogP contribution in [0.25, 0.3) is 11.3 Å². The molecule has 0 bridgehead atoms. The summed E-state index contributed by atoms with van der Waals surface area (Å²) in [5, 5.41) is 5.43. The molecule has 0 spiro atoms. The highest BCUT2D eigenvalue weighted by atomic mass is 35.5. The third kappa shape index (κ3) is 4.40. The predicted molar refractivity (Wildman–Crippen MR) is 105 cm³/mol. The number of hydrogen-bond donors (Lipinski definition) is 2. The molecular formula is C17H14ClN3O3S2. The number of thiazole rings is 1. The summed E-state index contributed by atoms with van der Waals surface area (Å²) in [5.74, 6) is -0.461. The first kappa shape index (κ1) is 18.4. The highest BCUT2D eigenvalue weighted by molar-refractivity contribution is 7.92. The summed E-state index contributed by atoms with van der Waals surface area (Å²) in [6.45, 7) is 0. The largest absolute Gasteiger partial charge is 0.298 e. The molecule has 0 fully saturated rings. The zero-order valence-electron chi connectivity index (χ0n) is 13.6. The van der Waals surface area contributed by atoms with Crippen molar-refractivity contribution in [3.8, 4) is 11.3 Å². The number of hydrogen-bond acceptors (Lipinski definition) is 5. The van der Waals surface area contributed by atoms with Gasteiger partial charge >= 0.3 is 0 Å². The lowest BCUT2D eigenvalue weighted by Gasteiger charge is -2.09. The molecule has 2 N–H and O–H groups in total. The number of carbonyl (C=O) groups is 1. The summed E-state index contributed by atoms with van der Waals surface area (Å²) in [5.41, 5.74) is 1.83. The molecule has 6 nitrogen and oxygen atoms in total. The first-order valence-electron chi connectivity index (χ1n) is 7.42. The zero-order chi connectivity index (χ0) is 18.7. The molecule has 0 radical (unpaired) electrons. The number of para-hydroxylation sites is 1. The van der Waals surface area contributed by atoms with Crippen LogP contribution in [0.1, 0.15) is 10.4 Å². The number of rotatable bonds is 5. The fourth-order valence-electron chi connectivity index (χ4n) is 2.26. The van der Waals surface area contributed by atoms with Crippen molar-refractivity contribution in [2.75, 3.05) is 16.3 Å². The first-order valence-corrected chi connectivity index (χ1v) is 10.6. The molecule has 0 saturated carbocycles. The quantitative estimate of drug-likeness (QED) is 0.666. The first-order chi connectivity index (χ1) is 12.3. The minimum Gasteiger partial charge on any atom is -0.298 e. The van der Waals surface area contributed by atoms with Gasteiger partial charge in [0.15, 0.2) is 5.13 Å². The van der Waals surface area contributed by atoms with Crippen molar-refractivity contribution in [2.24, 2.45) is 0 Å². The molecule has 1 amide bonds. The third-order valence-electron chi connectivity index (χ3n) is 3.34. The highest BCUT2D eigenvalue weighted by Crippen LogP contribution is 2.30. The van der Waals surface area contributed by atoms with E-state index in [2.05, 4.69) is 15.0 Å². The smallest absolute Gasteiger partial charge is 0.259 e. The Balaban J connectivity index is 1.83. The van der Waals surface area contributed by atoms with Crippen LogP contribution in [-0.4, -0.2) is 25.6 Å². The normalized spacial score (nSPS) is 11.2. The Morgan fingerprint density at radius 3 is 2.54 bits per heavy atom. The number of carbonyl (C=O) groups excluding carboxylic acids is 1. The minimum absolute atomic E-state index is 0.201. The van der Waals surface area contributed by atoms with Gasteiger partial charge in [0.2, 0.25) is 10.0 Å². The molecule has 0 unspecified atom stereocenters. The molecule has 26 heavy (non-hydrogen) atoms. The standard InChI is InChI=1S/C17H14ClN3O3S2/c1-26(23,24)21-14-9-5-3-7-12(14)16(22)20-17-19-15(10-25-17)11-6-2-4-8-13(11)18/h2-10,21H,1H3,(H,19,20,22). The van der Waals surface area contributed by atoms with Gasteiger partial charge in [-0.1, -0.05) is 41.9 Å². The number of anilines is 2. The Morgan fingerprint density at radius 2 is 1.81 bits per heavy atom. The molecule has 134 valence electrons. The molecule has 1 heterocycles. The number of sulfonamides is 1. The average Bonchev–Trinajstić information content (AvgIpc) is 3.02. The van der Waals surface area contributed by atoms with Crippen LogP contribution in [0, 0.1) is 0 Å². The number of nitrogens with zero attached hydrogens (tertiary/aromatic N) is 1. The summed E-state index contributed by atoms with van der Waals surface area (Å²) in [7, 11) is -3.50. The van der Waals surface area contributed by atoms with E-state index in [9.17, 15) is 13.2 Å². The maximum Gasteiger partial charge on any atom is 0.259 e. The molecule has 0 aliphatic heterocycles. The summed E-state index contributed by atoms with van der Waals surface area (Å²) in [6.07, 6.45) is 1.03. The minimum atomic E-state index is -3.50.